The molecule has 1 aliphatic rings. The van der Waals surface area contributed by atoms with Crippen molar-refractivity contribution in [2.45, 2.75) is 45.7 Å². The van der Waals surface area contributed by atoms with Crippen LogP contribution in [0, 0.1) is 13.8 Å². The number of aryl methyl sites for hydroxylation is 2. The minimum Gasteiger partial charge on any atom is -0.334 e. The summed E-state index contributed by atoms with van der Waals surface area (Å²) >= 11 is 0. The van der Waals surface area contributed by atoms with Gasteiger partial charge in [0.1, 0.15) is 0 Å². The molecule has 2 rings (SSSR count). The van der Waals surface area contributed by atoms with E-state index in [4.69, 9.17) is 5.73 Å². The molecule has 0 spiro atoms. The number of carbonyl (C=O) groups excluding carboxylic acids is 1. The molecule has 0 radical (unpaired) electrons. The van der Waals surface area contributed by atoms with Crippen molar-refractivity contribution in [1.29, 1.82) is 0 Å². The van der Waals surface area contributed by atoms with Gasteiger partial charge in [0.2, 0.25) is 5.91 Å². The average Bonchev–Trinajstić information content (AvgIpc) is 2.80. The van der Waals surface area contributed by atoms with Crippen molar-refractivity contribution in [1.82, 2.24) is 4.90 Å². The highest BCUT2D eigenvalue weighted by molar-refractivity contribution is 5.82. The number of likely N-dealkylation sites (tertiary alicyclic amines) is 1. The predicted octanol–water partition coefficient (Wildman–Crippen LogP) is 2.31. The van der Waals surface area contributed by atoms with Gasteiger partial charge in [-0.2, -0.15) is 0 Å². The molecule has 2 atom stereocenters. The summed E-state index contributed by atoms with van der Waals surface area (Å²) in [7, 11) is 0. The highest BCUT2D eigenvalue weighted by Gasteiger charge is 2.31. The Morgan fingerprint density at radius 3 is 2.83 bits per heavy atom. The van der Waals surface area contributed by atoms with Crippen LogP contribution in [0.3, 0.4) is 0 Å². The van der Waals surface area contributed by atoms with Crippen LogP contribution >= 0.6 is 0 Å². The standard InChI is InChI=1S/C15H22N2O/c1-10-6-7-11(2)13(9-10)14-5-4-8-17(14)15(18)12(3)16/h6-7,9,12,14H,4-5,8,16H2,1-3H3/t12-,14+/m1/s1. The zero-order valence-electron chi connectivity index (χ0n) is 11.4. The molecule has 0 bridgehead atoms. The average molecular weight is 246 g/mol. The molecule has 1 aliphatic heterocycles. The smallest absolute Gasteiger partial charge is 0.239 e. The van der Waals surface area contributed by atoms with E-state index in [0.717, 1.165) is 19.4 Å². The molecule has 1 aromatic carbocycles. The van der Waals surface area contributed by atoms with E-state index in [0.29, 0.717) is 0 Å². The summed E-state index contributed by atoms with van der Waals surface area (Å²) in [4.78, 5) is 14.1. The lowest BCUT2D eigenvalue weighted by molar-refractivity contribution is -0.133. The summed E-state index contributed by atoms with van der Waals surface area (Å²) < 4.78 is 0. The first-order valence-corrected chi connectivity index (χ1v) is 6.64. The number of rotatable bonds is 2. The van der Waals surface area contributed by atoms with Gasteiger partial charge in [-0.15, -0.1) is 0 Å². The van der Waals surface area contributed by atoms with E-state index in [1.165, 1.54) is 16.7 Å². The van der Waals surface area contributed by atoms with Gasteiger partial charge in [0.25, 0.3) is 0 Å². The molecule has 3 nitrogen and oxygen atoms in total. The SMILES string of the molecule is Cc1ccc(C)c([C@@H]2CCCN2C(=O)[C@@H](C)N)c1. The molecule has 1 heterocycles. The number of nitrogens with two attached hydrogens (primary N) is 1. The molecule has 3 heteroatoms. The molecule has 1 saturated heterocycles. The normalized spacial score (nSPS) is 21.1. The van der Waals surface area contributed by atoms with Crippen molar-refractivity contribution in [3.05, 3.63) is 34.9 Å². The maximum Gasteiger partial charge on any atom is 0.239 e. The van der Waals surface area contributed by atoms with Crippen LogP contribution in [0.2, 0.25) is 0 Å². The molecule has 0 unspecified atom stereocenters. The van der Waals surface area contributed by atoms with Gasteiger partial charge in [-0.05, 0) is 44.7 Å². The Kier molecular flexibility index (Phi) is 3.71. The molecular weight excluding hydrogens is 224 g/mol. The van der Waals surface area contributed by atoms with Gasteiger partial charge in [0.05, 0.1) is 12.1 Å². The van der Waals surface area contributed by atoms with Gasteiger partial charge < -0.3 is 10.6 Å². The van der Waals surface area contributed by atoms with Crippen LogP contribution in [0.5, 0.6) is 0 Å². The quantitative estimate of drug-likeness (QED) is 0.870. The lowest BCUT2D eigenvalue weighted by atomic mass is 9.97. The maximum atomic E-state index is 12.1. The Labute approximate surface area is 109 Å². The Morgan fingerprint density at radius 2 is 2.17 bits per heavy atom. The van der Waals surface area contributed by atoms with Crippen molar-refractivity contribution < 1.29 is 4.79 Å². The maximum absolute atomic E-state index is 12.1. The summed E-state index contributed by atoms with van der Waals surface area (Å²) in [6.45, 7) is 6.80. The van der Waals surface area contributed by atoms with E-state index in [1.807, 2.05) is 4.90 Å². The largest absolute Gasteiger partial charge is 0.334 e. The molecule has 0 aliphatic carbocycles. The minimum atomic E-state index is -0.407. The first-order chi connectivity index (χ1) is 8.50. The molecule has 1 amide bonds. The summed E-state index contributed by atoms with van der Waals surface area (Å²) in [6, 6.07) is 6.26. The van der Waals surface area contributed by atoms with E-state index in [-0.39, 0.29) is 11.9 Å². The number of carbonyl (C=O) groups is 1. The number of amides is 1. The molecule has 2 N–H and O–H groups in total. The van der Waals surface area contributed by atoms with Crippen LogP contribution in [0.15, 0.2) is 18.2 Å². The molecule has 1 fully saturated rings. The van der Waals surface area contributed by atoms with Crippen LogP contribution in [-0.2, 0) is 4.79 Å². The van der Waals surface area contributed by atoms with Crippen molar-refractivity contribution in [3.63, 3.8) is 0 Å². The minimum absolute atomic E-state index is 0.0680. The van der Waals surface area contributed by atoms with Crippen molar-refractivity contribution >= 4 is 5.91 Å². The third-order valence-electron chi connectivity index (χ3n) is 3.72. The Bertz CT molecular complexity index is 454. The van der Waals surface area contributed by atoms with Crippen LogP contribution in [0.4, 0.5) is 0 Å². The number of nitrogens with zero attached hydrogens (tertiary/aromatic N) is 1. The van der Waals surface area contributed by atoms with E-state index in [2.05, 4.69) is 32.0 Å². The highest BCUT2D eigenvalue weighted by atomic mass is 16.2. The van der Waals surface area contributed by atoms with Crippen molar-refractivity contribution in [2.75, 3.05) is 6.54 Å². The molecule has 98 valence electrons. The number of benzene rings is 1. The van der Waals surface area contributed by atoms with Crippen LogP contribution < -0.4 is 5.73 Å². The fourth-order valence-corrected chi connectivity index (χ4v) is 2.73. The van der Waals surface area contributed by atoms with E-state index >= 15 is 0 Å². The second-order valence-corrected chi connectivity index (χ2v) is 5.34. The number of hydrogen-bond donors (Lipinski definition) is 1. The summed E-state index contributed by atoms with van der Waals surface area (Å²) in [5.74, 6) is 0.0680. The van der Waals surface area contributed by atoms with Crippen LogP contribution in [0.1, 0.15) is 42.5 Å². The van der Waals surface area contributed by atoms with Crippen LogP contribution in [0.25, 0.3) is 0 Å². The van der Waals surface area contributed by atoms with E-state index in [1.54, 1.807) is 6.92 Å². The topological polar surface area (TPSA) is 46.3 Å². The molecule has 0 aromatic heterocycles. The third-order valence-corrected chi connectivity index (χ3v) is 3.72. The summed E-state index contributed by atoms with van der Waals surface area (Å²) in [5, 5.41) is 0. The summed E-state index contributed by atoms with van der Waals surface area (Å²) in [5.41, 5.74) is 9.52. The fourth-order valence-electron chi connectivity index (χ4n) is 2.73. The van der Waals surface area contributed by atoms with Gasteiger partial charge >= 0.3 is 0 Å². The lowest BCUT2D eigenvalue weighted by Gasteiger charge is -2.28. The molecular formula is C15H22N2O. The lowest BCUT2D eigenvalue weighted by Crippen LogP contribution is -2.41. The Hall–Kier alpha value is -1.35. The highest BCUT2D eigenvalue weighted by Crippen LogP contribution is 2.34. The van der Waals surface area contributed by atoms with Gasteiger partial charge in [-0.3, -0.25) is 4.79 Å². The van der Waals surface area contributed by atoms with Crippen molar-refractivity contribution in [2.24, 2.45) is 5.73 Å². The number of hydrogen-bond acceptors (Lipinski definition) is 2. The molecule has 1 aromatic rings. The zero-order chi connectivity index (χ0) is 13.3. The third kappa shape index (κ3) is 2.41. The first kappa shape index (κ1) is 13.1. The van der Waals surface area contributed by atoms with Crippen molar-refractivity contribution in [3.8, 4) is 0 Å². The van der Waals surface area contributed by atoms with Gasteiger partial charge in [-0.1, -0.05) is 23.8 Å². The van der Waals surface area contributed by atoms with Crippen LogP contribution in [-0.4, -0.2) is 23.4 Å². The summed E-state index contributed by atoms with van der Waals surface area (Å²) in [6.07, 6.45) is 2.11. The Balaban J connectivity index is 2.31. The van der Waals surface area contributed by atoms with E-state index < -0.39 is 6.04 Å². The van der Waals surface area contributed by atoms with Gasteiger partial charge in [0, 0.05) is 6.54 Å². The Morgan fingerprint density at radius 1 is 1.44 bits per heavy atom. The predicted molar refractivity (Wildman–Crippen MR) is 73.3 cm³/mol. The second kappa shape index (κ2) is 5.11. The fraction of sp³-hybridized carbons (Fsp3) is 0.533. The first-order valence-electron chi connectivity index (χ1n) is 6.64. The molecule has 18 heavy (non-hydrogen) atoms. The molecule has 0 saturated carbocycles. The monoisotopic (exact) mass is 246 g/mol. The van der Waals surface area contributed by atoms with Gasteiger partial charge in [-0.25, -0.2) is 0 Å². The van der Waals surface area contributed by atoms with E-state index in [9.17, 15) is 4.79 Å². The second-order valence-electron chi connectivity index (χ2n) is 5.34. The van der Waals surface area contributed by atoms with Gasteiger partial charge in [0.15, 0.2) is 0 Å². The zero-order valence-corrected chi connectivity index (χ0v) is 11.4.